The zero-order valence-electron chi connectivity index (χ0n) is 11.7. The smallest absolute Gasteiger partial charge is 0.339 e. The molecule has 0 fully saturated rings. The Hall–Kier alpha value is -2.18. The van der Waals surface area contributed by atoms with E-state index in [1.807, 2.05) is 6.07 Å². The third-order valence-corrected chi connectivity index (χ3v) is 3.93. The van der Waals surface area contributed by atoms with Crippen LogP contribution < -0.4 is 0 Å². The van der Waals surface area contributed by atoms with Gasteiger partial charge >= 0.3 is 5.97 Å². The SMILES string of the molecule is O=C(OCc1nc(-c2ccc(Cl)cc2)no1)c1ccccc1Br. The highest BCUT2D eigenvalue weighted by Gasteiger charge is 2.14. The van der Waals surface area contributed by atoms with Crippen molar-refractivity contribution in [3.63, 3.8) is 0 Å². The van der Waals surface area contributed by atoms with Gasteiger partial charge in [-0.3, -0.25) is 0 Å². The third kappa shape index (κ3) is 3.78. The number of ether oxygens (including phenoxy) is 1. The molecule has 0 unspecified atom stereocenters. The molecule has 0 saturated heterocycles. The number of carbonyl (C=O) groups excluding carboxylic acids is 1. The Labute approximate surface area is 145 Å². The van der Waals surface area contributed by atoms with Crippen molar-refractivity contribution in [2.45, 2.75) is 6.61 Å². The van der Waals surface area contributed by atoms with Crippen molar-refractivity contribution >= 4 is 33.5 Å². The number of hydrogen-bond donors (Lipinski definition) is 0. The highest BCUT2D eigenvalue weighted by Crippen LogP contribution is 2.20. The molecule has 5 nitrogen and oxygen atoms in total. The average molecular weight is 394 g/mol. The predicted octanol–water partition coefficient (Wildman–Crippen LogP) is 4.51. The number of nitrogens with zero attached hydrogens (tertiary/aromatic N) is 2. The van der Waals surface area contributed by atoms with Gasteiger partial charge in [0.1, 0.15) is 0 Å². The fourth-order valence-electron chi connectivity index (χ4n) is 1.86. The van der Waals surface area contributed by atoms with Crippen molar-refractivity contribution in [3.05, 3.63) is 69.5 Å². The van der Waals surface area contributed by atoms with Crippen LogP contribution in [0.2, 0.25) is 5.02 Å². The quantitative estimate of drug-likeness (QED) is 0.610. The summed E-state index contributed by atoms with van der Waals surface area (Å²) in [6, 6.07) is 14.0. The van der Waals surface area contributed by atoms with Gasteiger partial charge < -0.3 is 9.26 Å². The molecule has 3 rings (SSSR count). The fraction of sp³-hybridized carbons (Fsp3) is 0.0625. The predicted molar refractivity (Wildman–Crippen MR) is 88.0 cm³/mol. The van der Waals surface area contributed by atoms with Crippen LogP contribution in [0.15, 0.2) is 57.5 Å². The van der Waals surface area contributed by atoms with Gasteiger partial charge in [-0.05, 0) is 52.3 Å². The van der Waals surface area contributed by atoms with Crippen molar-refractivity contribution in [2.24, 2.45) is 0 Å². The lowest BCUT2D eigenvalue weighted by molar-refractivity contribution is 0.0428. The van der Waals surface area contributed by atoms with Gasteiger partial charge in [-0.2, -0.15) is 4.98 Å². The van der Waals surface area contributed by atoms with Crippen LogP contribution in [-0.2, 0) is 11.3 Å². The number of rotatable bonds is 4. The second-order valence-corrected chi connectivity index (χ2v) is 5.87. The summed E-state index contributed by atoms with van der Waals surface area (Å²) in [6.07, 6.45) is 0. The van der Waals surface area contributed by atoms with E-state index < -0.39 is 5.97 Å². The number of halogens is 2. The van der Waals surface area contributed by atoms with Crippen LogP contribution in [0.5, 0.6) is 0 Å². The monoisotopic (exact) mass is 392 g/mol. The molecular weight excluding hydrogens is 384 g/mol. The second-order valence-electron chi connectivity index (χ2n) is 4.57. The molecule has 1 heterocycles. The van der Waals surface area contributed by atoms with E-state index in [9.17, 15) is 4.79 Å². The molecule has 0 aliphatic carbocycles. The molecule has 116 valence electrons. The first-order valence-electron chi connectivity index (χ1n) is 6.63. The molecule has 0 radical (unpaired) electrons. The minimum absolute atomic E-state index is 0.0965. The molecule has 0 atom stereocenters. The maximum atomic E-state index is 12.0. The standard InChI is InChI=1S/C16H10BrClN2O3/c17-13-4-2-1-3-12(13)16(21)22-9-14-19-15(20-23-14)10-5-7-11(18)8-6-10/h1-8H,9H2. The van der Waals surface area contributed by atoms with Crippen LogP contribution in [-0.4, -0.2) is 16.1 Å². The molecule has 7 heteroatoms. The van der Waals surface area contributed by atoms with Gasteiger partial charge in [-0.15, -0.1) is 0 Å². The average Bonchev–Trinajstić information content (AvgIpc) is 3.03. The molecule has 0 spiro atoms. The molecule has 2 aromatic carbocycles. The fourth-order valence-corrected chi connectivity index (χ4v) is 2.43. The first-order chi connectivity index (χ1) is 11.1. The Morgan fingerprint density at radius 1 is 1.17 bits per heavy atom. The molecule has 0 N–H and O–H groups in total. The minimum atomic E-state index is -0.469. The summed E-state index contributed by atoms with van der Waals surface area (Å²) in [5, 5.41) is 4.48. The van der Waals surface area contributed by atoms with Crippen LogP contribution in [0.25, 0.3) is 11.4 Å². The van der Waals surface area contributed by atoms with E-state index in [1.54, 1.807) is 42.5 Å². The lowest BCUT2D eigenvalue weighted by Crippen LogP contribution is -2.06. The Morgan fingerprint density at radius 3 is 2.65 bits per heavy atom. The van der Waals surface area contributed by atoms with E-state index in [4.69, 9.17) is 20.9 Å². The first-order valence-corrected chi connectivity index (χ1v) is 7.81. The van der Waals surface area contributed by atoms with E-state index in [0.29, 0.717) is 20.9 Å². The maximum Gasteiger partial charge on any atom is 0.339 e. The Balaban J connectivity index is 1.67. The van der Waals surface area contributed by atoms with Crippen LogP contribution >= 0.6 is 27.5 Å². The van der Waals surface area contributed by atoms with Crippen molar-refractivity contribution < 1.29 is 14.1 Å². The third-order valence-electron chi connectivity index (χ3n) is 2.99. The Kier molecular flexibility index (Phi) is 4.73. The molecule has 23 heavy (non-hydrogen) atoms. The van der Waals surface area contributed by atoms with Gasteiger partial charge in [0, 0.05) is 15.1 Å². The zero-order chi connectivity index (χ0) is 16.2. The molecule has 0 saturated carbocycles. The van der Waals surface area contributed by atoms with E-state index in [1.165, 1.54) is 0 Å². The zero-order valence-corrected chi connectivity index (χ0v) is 14.0. The van der Waals surface area contributed by atoms with E-state index >= 15 is 0 Å². The topological polar surface area (TPSA) is 65.2 Å². The molecule has 3 aromatic rings. The summed E-state index contributed by atoms with van der Waals surface area (Å²) < 4.78 is 10.9. The van der Waals surface area contributed by atoms with Gasteiger partial charge in [0.2, 0.25) is 5.82 Å². The number of hydrogen-bond acceptors (Lipinski definition) is 5. The molecule has 0 aliphatic rings. The van der Waals surface area contributed by atoms with Crippen molar-refractivity contribution in [1.29, 1.82) is 0 Å². The van der Waals surface area contributed by atoms with Gasteiger partial charge in [0.15, 0.2) is 6.61 Å². The number of esters is 1. The lowest BCUT2D eigenvalue weighted by atomic mass is 10.2. The second kappa shape index (κ2) is 6.93. The van der Waals surface area contributed by atoms with Crippen molar-refractivity contribution in [3.8, 4) is 11.4 Å². The Bertz CT molecular complexity index is 833. The number of benzene rings is 2. The van der Waals surface area contributed by atoms with Crippen LogP contribution in [0.3, 0.4) is 0 Å². The molecule has 1 aromatic heterocycles. The summed E-state index contributed by atoms with van der Waals surface area (Å²) in [7, 11) is 0. The number of carbonyl (C=O) groups is 1. The van der Waals surface area contributed by atoms with Gasteiger partial charge in [0.25, 0.3) is 5.89 Å². The molecule has 0 aliphatic heterocycles. The van der Waals surface area contributed by atoms with Crippen LogP contribution in [0, 0.1) is 0 Å². The summed E-state index contributed by atoms with van der Waals surface area (Å²) in [6.45, 7) is -0.0965. The summed E-state index contributed by atoms with van der Waals surface area (Å²) in [4.78, 5) is 16.2. The lowest BCUT2D eigenvalue weighted by Gasteiger charge is -2.03. The normalized spacial score (nSPS) is 10.5. The summed E-state index contributed by atoms with van der Waals surface area (Å²) >= 11 is 9.13. The minimum Gasteiger partial charge on any atom is -0.452 e. The number of aromatic nitrogens is 2. The maximum absolute atomic E-state index is 12.0. The highest BCUT2D eigenvalue weighted by atomic mass is 79.9. The summed E-state index contributed by atoms with van der Waals surface area (Å²) in [5.41, 5.74) is 1.20. The largest absolute Gasteiger partial charge is 0.452 e. The molecule has 0 bridgehead atoms. The van der Waals surface area contributed by atoms with Gasteiger partial charge in [0.05, 0.1) is 5.56 Å². The van der Waals surface area contributed by atoms with Crippen LogP contribution in [0.1, 0.15) is 16.2 Å². The summed E-state index contributed by atoms with van der Waals surface area (Å²) in [5.74, 6) is 0.160. The van der Waals surface area contributed by atoms with Crippen molar-refractivity contribution in [2.75, 3.05) is 0 Å². The van der Waals surface area contributed by atoms with E-state index in [0.717, 1.165) is 5.56 Å². The van der Waals surface area contributed by atoms with E-state index in [2.05, 4.69) is 26.1 Å². The van der Waals surface area contributed by atoms with Crippen molar-refractivity contribution in [1.82, 2.24) is 10.1 Å². The van der Waals surface area contributed by atoms with Crippen LogP contribution in [0.4, 0.5) is 0 Å². The van der Waals surface area contributed by atoms with Gasteiger partial charge in [-0.25, -0.2) is 4.79 Å². The van der Waals surface area contributed by atoms with Gasteiger partial charge in [-0.1, -0.05) is 28.9 Å². The Morgan fingerprint density at radius 2 is 1.91 bits per heavy atom. The van der Waals surface area contributed by atoms with E-state index in [-0.39, 0.29) is 12.5 Å². The first kappa shape index (κ1) is 15.7. The molecular formula is C16H10BrClN2O3. The molecule has 0 amide bonds. The highest BCUT2D eigenvalue weighted by molar-refractivity contribution is 9.10.